The fraction of sp³-hybridized carbons (Fsp3) is 0.400. The molecule has 0 radical (unpaired) electrons. The van der Waals surface area contributed by atoms with Gasteiger partial charge in [-0.15, -0.1) is 0 Å². The molecular weight excluding hydrogens is 480 g/mol. The molecule has 0 aliphatic rings. The Morgan fingerprint density at radius 1 is 0.375 bits per heavy atom. The van der Waals surface area contributed by atoms with E-state index in [4.69, 9.17) is 0 Å². The second-order valence-corrected chi connectivity index (χ2v) is 13.8. The third kappa shape index (κ3) is 5.97. The van der Waals surface area contributed by atoms with Gasteiger partial charge in [-0.25, -0.2) is 0 Å². The zero-order chi connectivity index (χ0) is 29.0. The summed E-state index contributed by atoms with van der Waals surface area (Å²) in [6, 6.07) is 40.6. The van der Waals surface area contributed by atoms with Crippen LogP contribution in [0, 0.1) is 13.8 Å². The maximum absolute atomic E-state index is 2.55. The number of benzene rings is 4. The Balaban J connectivity index is 1.79. The zero-order valence-corrected chi connectivity index (χ0v) is 26.2. The molecule has 0 heterocycles. The van der Waals surface area contributed by atoms with Gasteiger partial charge in [-0.2, -0.15) is 0 Å². The van der Waals surface area contributed by atoms with Gasteiger partial charge in [0.1, 0.15) is 0 Å². The van der Waals surface area contributed by atoms with E-state index in [-0.39, 0.29) is 21.7 Å². The Bertz CT molecular complexity index is 1270. The minimum absolute atomic E-state index is 0.0582. The second kappa shape index (κ2) is 11.8. The van der Waals surface area contributed by atoms with Crippen LogP contribution in [0.3, 0.4) is 0 Å². The normalized spacial score (nSPS) is 15.3. The monoisotopic (exact) mass is 530 g/mol. The molecule has 2 atom stereocenters. The van der Waals surface area contributed by atoms with E-state index in [2.05, 4.69) is 165 Å². The molecule has 210 valence electrons. The molecule has 0 N–H and O–H groups in total. The van der Waals surface area contributed by atoms with Crippen molar-refractivity contribution >= 4 is 0 Å². The topological polar surface area (TPSA) is 0 Å². The largest absolute Gasteiger partial charge is 0.0622 e. The van der Waals surface area contributed by atoms with Gasteiger partial charge in [0.15, 0.2) is 0 Å². The van der Waals surface area contributed by atoms with Crippen LogP contribution < -0.4 is 0 Å². The van der Waals surface area contributed by atoms with Crippen molar-refractivity contribution in [2.45, 2.75) is 103 Å². The van der Waals surface area contributed by atoms with Crippen molar-refractivity contribution < 1.29 is 0 Å². The van der Waals surface area contributed by atoms with Crippen LogP contribution in [0.1, 0.15) is 101 Å². The molecule has 0 fully saturated rings. The quantitative estimate of drug-likeness (QED) is 0.181. The van der Waals surface area contributed by atoms with E-state index in [1.807, 2.05) is 0 Å². The first-order chi connectivity index (χ1) is 18.9. The average Bonchev–Trinajstić information content (AvgIpc) is 2.96. The highest BCUT2D eigenvalue weighted by Gasteiger charge is 2.47. The fourth-order valence-electron chi connectivity index (χ4n) is 7.15. The van der Waals surface area contributed by atoms with Crippen molar-refractivity contribution in [1.29, 1.82) is 0 Å². The minimum Gasteiger partial charge on any atom is -0.0622 e. The molecule has 0 spiro atoms. The lowest BCUT2D eigenvalue weighted by atomic mass is 9.53. The molecule has 4 aromatic rings. The molecule has 2 unspecified atom stereocenters. The fourth-order valence-corrected chi connectivity index (χ4v) is 7.15. The van der Waals surface area contributed by atoms with Crippen molar-refractivity contribution in [2.75, 3.05) is 0 Å². The van der Waals surface area contributed by atoms with Crippen LogP contribution >= 0.6 is 0 Å². The van der Waals surface area contributed by atoms with Gasteiger partial charge in [0.25, 0.3) is 0 Å². The number of aryl methyl sites for hydroxylation is 2. The minimum atomic E-state index is -0.0582. The molecule has 4 rings (SSSR count). The first-order valence-corrected chi connectivity index (χ1v) is 15.1. The van der Waals surface area contributed by atoms with Crippen LogP contribution in [0.15, 0.2) is 109 Å². The summed E-state index contributed by atoms with van der Waals surface area (Å²) in [6.45, 7) is 19.3. The summed E-state index contributed by atoms with van der Waals surface area (Å²) in [5, 5.41) is 0. The van der Waals surface area contributed by atoms with Gasteiger partial charge in [0.05, 0.1) is 0 Å². The van der Waals surface area contributed by atoms with Gasteiger partial charge < -0.3 is 0 Å². The summed E-state index contributed by atoms with van der Waals surface area (Å²) in [5.74, 6) is 0. The average molecular weight is 531 g/mol. The molecule has 0 aromatic heterocycles. The van der Waals surface area contributed by atoms with Crippen molar-refractivity contribution in [3.63, 3.8) is 0 Å². The Kier molecular flexibility index (Phi) is 8.79. The van der Waals surface area contributed by atoms with Crippen LogP contribution in [-0.2, 0) is 21.7 Å². The van der Waals surface area contributed by atoms with E-state index in [1.54, 1.807) is 0 Å². The molecule has 0 aliphatic heterocycles. The standard InChI is InChI=1S/C40H50/c1-31-19-15-17-25-35(31)37(3,4)27-29-39(7,33-21-11-9-12-22-33)40(8,34-23-13-10-14-24-34)30-28-38(5,6)36-26-18-16-20-32(36)2/h9-26H,27-30H2,1-8H3. The predicted octanol–water partition coefficient (Wildman–Crippen LogP) is 11.0. The van der Waals surface area contributed by atoms with Crippen LogP contribution in [0.25, 0.3) is 0 Å². The lowest BCUT2D eigenvalue weighted by molar-refractivity contribution is 0.186. The van der Waals surface area contributed by atoms with Gasteiger partial charge in [0, 0.05) is 10.8 Å². The smallest absolute Gasteiger partial charge is 0.00192 e. The number of hydrogen-bond acceptors (Lipinski definition) is 0. The van der Waals surface area contributed by atoms with E-state index < -0.39 is 0 Å². The molecular formula is C40H50. The highest BCUT2D eigenvalue weighted by atomic mass is 14.5. The SMILES string of the molecule is Cc1ccccc1C(C)(C)CCC(C)(c1ccccc1)C(C)(CCC(C)(C)c1ccccc1C)c1ccccc1. The van der Waals surface area contributed by atoms with Crippen molar-refractivity contribution in [3.8, 4) is 0 Å². The highest BCUT2D eigenvalue weighted by Crippen LogP contribution is 2.53. The second-order valence-electron chi connectivity index (χ2n) is 13.8. The molecule has 0 amide bonds. The first-order valence-electron chi connectivity index (χ1n) is 15.1. The van der Waals surface area contributed by atoms with E-state index in [9.17, 15) is 0 Å². The summed E-state index contributed by atoms with van der Waals surface area (Å²) in [5.41, 5.74) is 8.64. The Hall–Kier alpha value is -3.12. The van der Waals surface area contributed by atoms with Crippen LogP contribution in [0.5, 0.6) is 0 Å². The molecule has 4 aromatic carbocycles. The van der Waals surface area contributed by atoms with E-state index in [0.29, 0.717) is 0 Å². The van der Waals surface area contributed by atoms with Gasteiger partial charge in [0.2, 0.25) is 0 Å². The van der Waals surface area contributed by atoms with Gasteiger partial charge >= 0.3 is 0 Å². The van der Waals surface area contributed by atoms with E-state index in [0.717, 1.165) is 25.7 Å². The Labute approximate surface area is 244 Å². The molecule has 0 heteroatoms. The van der Waals surface area contributed by atoms with Gasteiger partial charge in [-0.1, -0.05) is 151 Å². The lowest BCUT2D eigenvalue weighted by Gasteiger charge is -2.50. The number of rotatable bonds is 11. The van der Waals surface area contributed by atoms with Gasteiger partial charge in [-0.3, -0.25) is 0 Å². The zero-order valence-electron chi connectivity index (χ0n) is 26.2. The van der Waals surface area contributed by atoms with Crippen molar-refractivity contribution in [1.82, 2.24) is 0 Å². The van der Waals surface area contributed by atoms with Gasteiger partial charge in [-0.05, 0) is 83.7 Å². The highest BCUT2D eigenvalue weighted by molar-refractivity contribution is 5.40. The van der Waals surface area contributed by atoms with Crippen LogP contribution in [0.2, 0.25) is 0 Å². The van der Waals surface area contributed by atoms with E-state index >= 15 is 0 Å². The Morgan fingerprint density at radius 3 is 1.00 bits per heavy atom. The molecule has 0 saturated carbocycles. The maximum Gasteiger partial charge on any atom is 0.00192 e. The van der Waals surface area contributed by atoms with Crippen molar-refractivity contribution in [2.24, 2.45) is 0 Å². The summed E-state index contributed by atoms with van der Waals surface area (Å²) in [7, 11) is 0. The molecule has 0 saturated heterocycles. The van der Waals surface area contributed by atoms with Crippen molar-refractivity contribution in [3.05, 3.63) is 143 Å². The maximum atomic E-state index is 2.55. The third-order valence-electron chi connectivity index (χ3n) is 10.3. The molecule has 0 nitrogen and oxygen atoms in total. The Morgan fingerprint density at radius 2 is 0.675 bits per heavy atom. The molecule has 0 bridgehead atoms. The third-order valence-corrected chi connectivity index (χ3v) is 10.3. The number of hydrogen-bond donors (Lipinski definition) is 0. The summed E-state index contributed by atoms with van der Waals surface area (Å²) >= 11 is 0. The summed E-state index contributed by atoms with van der Waals surface area (Å²) in [4.78, 5) is 0. The predicted molar refractivity (Wildman–Crippen MR) is 174 cm³/mol. The van der Waals surface area contributed by atoms with E-state index in [1.165, 1.54) is 33.4 Å². The summed E-state index contributed by atoms with van der Waals surface area (Å²) in [6.07, 6.45) is 4.45. The van der Waals surface area contributed by atoms with Crippen LogP contribution in [0.4, 0.5) is 0 Å². The van der Waals surface area contributed by atoms with Crippen LogP contribution in [-0.4, -0.2) is 0 Å². The molecule has 40 heavy (non-hydrogen) atoms. The lowest BCUT2D eigenvalue weighted by Crippen LogP contribution is -2.47. The summed E-state index contributed by atoms with van der Waals surface area (Å²) < 4.78 is 0. The first kappa shape index (κ1) is 29.9. The molecule has 0 aliphatic carbocycles.